The summed E-state index contributed by atoms with van der Waals surface area (Å²) < 4.78 is 15.3. The first-order chi connectivity index (χ1) is 16.3. The molecule has 0 amide bonds. The lowest BCUT2D eigenvalue weighted by Crippen LogP contribution is -2.37. The molecular weight excluding hydrogens is 613 g/mol. The Balaban J connectivity index is 1.80. The Bertz CT molecular complexity index is 1350. The molecule has 0 unspecified atom stereocenters. The van der Waals surface area contributed by atoms with Crippen molar-refractivity contribution < 1.29 is 19.3 Å². The van der Waals surface area contributed by atoms with Crippen LogP contribution in [0.2, 0.25) is 10.0 Å². The van der Waals surface area contributed by atoms with E-state index in [0.29, 0.717) is 36.4 Å². The van der Waals surface area contributed by atoms with Gasteiger partial charge in [0, 0.05) is 32.0 Å². The summed E-state index contributed by atoms with van der Waals surface area (Å²) in [6.07, 6.45) is 1.79. The third-order valence-electron chi connectivity index (χ3n) is 5.13. The van der Waals surface area contributed by atoms with E-state index in [4.69, 9.17) is 28.0 Å². The highest BCUT2D eigenvalue weighted by Gasteiger charge is 2.28. The fourth-order valence-corrected chi connectivity index (χ4v) is 5.29. The fourth-order valence-electron chi connectivity index (χ4n) is 3.60. The van der Waals surface area contributed by atoms with Crippen molar-refractivity contribution in [1.29, 1.82) is 0 Å². The molecule has 1 heterocycles. The van der Waals surface area contributed by atoms with E-state index in [2.05, 4.69) is 36.8 Å². The number of benzene rings is 3. The van der Waals surface area contributed by atoms with Crippen LogP contribution in [0.15, 0.2) is 69.7 Å². The van der Waals surface area contributed by atoms with Crippen LogP contribution in [0, 0.1) is 5.82 Å². The predicted octanol–water partition coefficient (Wildman–Crippen LogP) is 6.20. The number of hydrogen-bond donors (Lipinski definition) is 2. The molecule has 0 aliphatic rings. The second-order valence-corrected chi connectivity index (χ2v) is 9.71. The Morgan fingerprint density at radius 1 is 1.03 bits per heavy atom. The van der Waals surface area contributed by atoms with Crippen molar-refractivity contribution in [3.05, 3.63) is 91.2 Å². The summed E-state index contributed by atoms with van der Waals surface area (Å²) in [7, 11) is -1.81. The highest BCUT2D eigenvalue weighted by Crippen LogP contribution is 2.35. The number of hydrogen-bond acceptors (Lipinski definition) is 5. The van der Waals surface area contributed by atoms with Gasteiger partial charge in [0.2, 0.25) is 0 Å². The molecule has 0 fully saturated rings. The van der Waals surface area contributed by atoms with Crippen LogP contribution in [0.5, 0.6) is 0 Å². The van der Waals surface area contributed by atoms with Crippen LogP contribution in [0.4, 0.5) is 15.9 Å². The van der Waals surface area contributed by atoms with Crippen molar-refractivity contribution in [2.75, 3.05) is 11.7 Å². The fraction of sp³-hybridized carbons (Fsp3) is 0.0870. The van der Waals surface area contributed by atoms with Crippen LogP contribution >= 0.6 is 55.1 Å². The van der Waals surface area contributed by atoms with Gasteiger partial charge < -0.3 is 10.0 Å². The minimum Gasteiger partial charge on any atom is -0.423 e. The average molecular weight is 629 g/mol. The number of anilines is 2. The van der Waals surface area contributed by atoms with Gasteiger partial charge in [-0.1, -0.05) is 73.3 Å². The SMILES string of the molecule is OB(O)c1c(N(OCCc2c(Cl)ccc(F)c2Cl)c2ccccn2)cc(Br)c2cccc(Br)c12. The number of nitrogens with zero attached hydrogens (tertiary/aromatic N) is 2. The zero-order valence-corrected chi connectivity index (χ0v) is 22.0. The Morgan fingerprint density at radius 2 is 1.82 bits per heavy atom. The van der Waals surface area contributed by atoms with Gasteiger partial charge in [0.25, 0.3) is 0 Å². The second-order valence-electron chi connectivity index (χ2n) is 7.21. The standard InChI is InChI=1S/C23H16BBr2Cl2FN2O3/c25-15-5-3-4-13-16(26)12-19(22(21(13)15)24(32)33)31(20-6-1-2-10-30-20)34-11-9-14-17(27)7-8-18(29)23(14)28/h1-8,10,12,32-33H,9,11H2. The first-order valence-corrected chi connectivity index (χ1v) is 12.4. The molecule has 11 heteroatoms. The summed E-state index contributed by atoms with van der Waals surface area (Å²) in [5.41, 5.74) is 0.990. The Morgan fingerprint density at radius 3 is 2.53 bits per heavy atom. The maximum Gasteiger partial charge on any atom is 0.491 e. The summed E-state index contributed by atoms with van der Waals surface area (Å²) in [5.74, 6) is -0.171. The second kappa shape index (κ2) is 10.9. The molecule has 1 aromatic heterocycles. The van der Waals surface area contributed by atoms with E-state index in [1.807, 2.05) is 18.2 Å². The van der Waals surface area contributed by atoms with Gasteiger partial charge in [-0.2, -0.15) is 0 Å². The van der Waals surface area contributed by atoms with Crippen molar-refractivity contribution in [2.24, 2.45) is 0 Å². The highest BCUT2D eigenvalue weighted by molar-refractivity contribution is 9.11. The van der Waals surface area contributed by atoms with E-state index < -0.39 is 12.9 Å². The third-order valence-corrected chi connectivity index (χ3v) is 7.21. The van der Waals surface area contributed by atoms with E-state index in [9.17, 15) is 14.4 Å². The molecule has 0 atom stereocenters. The lowest BCUT2D eigenvalue weighted by Gasteiger charge is -2.27. The monoisotopic (exact) mass is 626 g/mol. The molecule has 0 saturated heterocycles. The van der Waals surface area contributed by atoms with Gasteiger partial charge in [-0.25, -0.2) is 14.4 Å². The molecule has 4 rings (SSSR count). The highest BCUT2D eigenvalue weighted by atomic mass is 79.9. The molecule has 5 nitrogen and oxygen atoms in total. The number of halogens is 5. The van der Waals surface area contributed by atoms with Gasteiger partial charge in [0.05, 0.1) is 17.3 Å². The van der Waals surface area contributed by atoms with Crippen molar-refractivity contribution in [1.82, 2.24) is 4.98 Å². The Labute approximate surface area is 222 Å². The van der Waals surface area contributed by atoms with E-state index in [1.165, 1.54) is 17.2 Å². The average Bonchev–Trinajstić information content (AvgIpc) is 2.82. The van der Waals surface area contributed by atoms with Crippen LogP contribution in [0.1, 0.15) is 5.56 Å². The maximum absolute atomic E-state index is 13.9. The van der Waals surface area contributed by atoms with Crippen LogP contribution in [-0.4, -0.2) is 28.8 Å². The van der Waals surface area contributed by atoms with Crippen molar-refractivity contribution in [3.63, 3.8) is 0 Å². The molecule has 4 aromatic rings. The molecule has 2 N–H and O–H groups in total. The Kier molecular flexibility index (Phi) is 8.14. The molecule has 34 heavy (non-hydrogen) atoms. The third kappa shape index (κ3) is 5.11. The number of pyridine rings is 1. The van der Waals surface area contributed by atoms with Crippen LogP contribution in [-0.2, 0) is 11.3 Å². The molecule has 0 saturated carbocycles. The molecule has 0 radical (unpaired) electrons. The molecule has 0 bridgehead atoms. The molecule has 0 aliphatic carbocycles. The summed E-state index contributed by atoms with van der Waals surface area (Å²) in [6.45, 7) is 0.0477. The summed E-state index contributed by atoms with van der Waals surface area (Å²) in [5, 5.41) is 23.8. The van der Waals surface area contributed by atoms with Gasteiger partial charge in [-0.15, -0.1) is 0 Å². The van der Waals surface area contributed by atoms with Crippen molar-refractivity contribution in [3.8, 4) is 0 Å². The van der Waals surface area contributed by atoms with Crippen LogP contribution < -0.4 is 10.5 Å². The predicted molar refractivity (Wildman–Crippen MR) is 142 cm³/mol. The summed E-state index contributed by atoms with van der Waals surface area (Å²) in [6, 6.07) is 15.1. The number of aromatic nitrogens is 1. The van der Waals surface area contributed by atoms with Gasteiger partial charge >= 0.3 is 7.12 Å². The topological polar surface area (TPSA) is 65.8 Å². The van der Waals surface area contributed by atoms with E-state index in [1.54, 1.807) is 30.5 Å². The zero-order chi connectivity index (χ0) is 24.4. The normalized spacial score (nSPS) is 11.1. The van der Waals surface area contributed by atoms with Gasteiger partial charge in [-0.3, -0.25) is 4.84 Å². The molecule has 0 spiro atoms. The van der Waals surface area contributed by atoms with E-state index in [0.717, 1.165) is 5.39 Å². The van der Waals surface area contributed by atoms with Crippen molar-refractivity contribution >= 4 is 89.9 Å². The first kappa shape index (κ1) is 25.4. The lowest BCUT2D eigenvalue weighted by molar-refractivity contribution is 0.137. The molecular formula is C23H16BBr2Cl2FN2O3. The zero-order valence-electron chi connectivity index (χ0n) is 17.4. The van der Waals surface area contributed by atoms with Crippen LogP contribution in [0.25, 0.3) is 10.8 Å². The lowest BCUT2D eigenvalue weighted by atomic mass is 9.75. The largest absolute Gasteiger partial charge is 0.491 e. The maximum atomic E-state index is 13.9. The number of rotatable bonds is 7. The van der Waals surface area contributed by atoms with Gasteiger partial charge in [0.1, 0.15) is 5.82 Å². The number of fused-ring (bicyclic) bond motifs is 1. The van der Waals surface area contributed by atoms with Gasteiger partial charge in [-0.05, 0) is 52.7 Å². The molecule has 174 valence electrons. The van der Waals surface area contributed by atoms with E-state index in [-0.39, 0.29) is 23.5 Å². The quantitative estimate of drug-likeness (QED) is 0.145. The molecule has 0 aliphatic heterocycles. The smallest absolute Gasteiger partial charge is 0.423 e. The summed E-state index contributed by atoms with van der Waals surface area (Å²) in [4.78, 5) is 10.4. The van der Waals surface area contributed by atoms with Crippen LogP contribution in [0.3, 0.4) is 0 Å². The van der Waals surface area contributed by atoms with E-state index >= 15 is 0 Å². The minimum atomic E-state index is -1.81. The van der Waals surface area contributed by atoms with Crippen molar-refractivity contribution in [2.45, 2.75) is 6.42 Å². The minimum absolute atomic E-state index is 0.0477. The Hall–Kier alpha value is -1.72. The van der Waals surface area contributed by atoms with Gasteiger partial charge in [0.15, 0.2) is 5.82 Å². The molecule has 3 aromatic carbocycles. The summed E-state index contributed by atoms with van der Waals surface area (Å²) >= 11 is 19.4. The first-order valence-electron chi connectivity index (χ1n) is 10.0.